The molecule has 0 aromatic carbocycles. The minimum absolute atomic E-state index is 0.105. The number of hydrogen-bond acceptors (Lipinski definition) is 5. The van der Waals surface area contributed by atoms with Crippen molar-refractivity contribution < 1.29 is 14.4 Å². The lowest BCUT2D eigenvalue weighted by Crippen LogP contribution is -2.56. The van der Waals surface area contributed by atoms with Gasteiger partial charge in [-0.15, -0.1) is 0 Å². The number of amides is 2. The molecule has 4 atom stereocenters. The first-order valence-corrected chi connectivity index (χ1v) is 9.51. The summed E-state index contributed by atoms with van der Waals surface area (Å²) >= 11 is 0. The average molecular weight is 385 g/mol. The van der Waals surface area contributed by atoms with Crippen LogP contribution in [-0.2, 0) is 14.4 Å². The predicted octanol–water partition coefficient (Wildman–Crippen LogP) is -0.162. The molecule has 0 heterocycles. The molecule has 156 valence electrons. The fourth-order valence-electron chi connectivity index (χ4n) is 2.57. The second-order valence-corrected chi connectivity index (χ2v) is 7.34. The van der Waals surface area contributed by atoms with E-state index in [1.165, 1.54) is 0 Å². The third kappa shape index (κ3) is 10.5. The molecule has 0 saturated heterocycles. The zero-order valence-electron chi connectivity index (χ0n) is 16.9. The second kappa shape index (κ2) is 13.1. The van der Waals surface area contributed by atoms with Gasteiger partial charge in [-0.1, -0.05) is 34.1 Å². The minimum atomic E-state index is -0.751. The Balaban J connectivity index is 4.82. The summed E-state index contributed by atoms with van der Waals surface area (Å²) in [6, 6.07) is -2.10. The monoisotopic (exact) mass is 384 g/mol. The van der Waals surface area contributed by atoms with Gasteiger partial charge in [0, 0.05) is 6.54 Å². The zero-order valence-corrected chi connectivity index (χ0v) is 16.9. The van der Waals surface area contributed by atoms with E-state index in [0.29, 0.717) is 38.5 Å². The molecule has 0 aliphatic carbocycles. The quantitative estimate of drug-likeness (QED) is 0.112. The van der Waals surface area contributed by atoms with E-state index in [9.17, 15) is 14.4 Å². The van der Waals surface area contributed by atoms with Crippen molar-refractivity contribution in [3.05, 3.63) is 0 Å². The van der Waals surface area contributed by atoms with Crippen LogP contribution < -0.4 is 27.4 Å². The maximum atomic E-state index is 12.6. The molecule has 9 nitrogen and oxygen atoms in total. The third-order valence-electron chi connectivity index (χ3n) is 4.35. The molecule has 0 aromatic heterocycles. The largest absolute Gasteiger partial charge is 0.370 e. The molecule has 0 rings (SSSR count). The molecule has 0 bridgehead atoms. The van der Waals surface area contributed by atoms with Gasteiger partial charge in [-0.3, -0.25) is 15.0 Å². The van der Waals surface area contributed by atoms with Crippen molar-refractivity contribution >= 4 is 24.1 Å². The van der Waals surface area contributed by atoms with Crippen molar-refractivity contribution in [3.8, 4) is 0 Å². The van der Waals surface area contributed by atoms with Gasteiger partial charge in [-0.2, -0.15) is 0 Å². The van der Waals surface area contributed by atoms with Crippen molar-refractivity contribution in [2.75, 3.05) is 6.54 Å². The predicted molar refractivity (Wildman–Crippen MR) is 106 cm³/mol. The first-order chi connectivity index (χ1) is 12.6. The van der Waals surface area contributed by atoms with Crippen molar-refractivity contribution in [1.82, 2.24) is 16.0 Å². The fourth-order valence-corrected chi connectivity index (χ4v) is 2.57. The lowest BCUT2D eigenvalue weighted by molar-refractivity contribution is -0.132. The normalized spacial score (nSPS) is 15.3. The molecule has 0 fully saturated rings. The van der Waals surface area contributed by atoms with E-state index >= 15 is 0 Å². The van der Waals surface area contributed by atoms with Crippen LogP contribution in [-0.4, -0.2) is 48.7 Å². The van der Waals surface area contributed by atoms with E-state index in [1.54, 1.807) is 0 Å². The zero-order chi connectivity index (χ0) is 21.0. The molecular formula is C18H36N6O3. The number of carbonyl (C=O) groups is 3. The van der Waals surface area contributed by atoms with Crippen molar-refractivity contribution in [2.45, 2.75) is 71.5 Å². The number of aldehydes is 1. The van der Waals surface area contributed by atoms with Gasteiger partial charge in [-0.05, 0) is 31.1 Å². The maximum Gasteiger partial charge on any atom is 0.243 e. The summed E-state index contributed by atoms with van der Waals surface area (Å²) < 4.78 is 0. The first-order valence-electron chi connectivity index (χ1n) is 9.51. The summed E-state index contributed by atoms with van der Waals surface area (Å²) in [5.41, 5.74) is 11.1. The summed E-state index contributed by atoms with van der Waals surface area (Å²) in [5.74, 6) is -0.737. The highest BCUT2D eigenvalue weighted by atomic mass is 16.2. The summed E-state index contributed by atoms with van der Waals surface area (Å²) in [6.07, 6.45) is 2.85. The van der Waals surface area contributed by atoms with E-state index in [1.807, 2.05) is 27.7 Å². The van der Waals surface area contributed by atoms with Gasteiger partial charge in [0.15, 0.2) is 5.96 Å². The minimum Gasteiger partial charge on any atom is -0.370 e. The Hall–Kier alpha value is -2.16. The van der Waals surface area contributed by atoms with Crippen LogP contribution in [0.3, 0.4) is 0 Å². The van der Waals surface area contributed by atoms with Crippen molar-refractivity contribution in [3.63, 3.8) is 0 Å². The molecule has 2 amide bonds. The Morgan fingerprint density at radius 3 is 2.26 bits per heavy atom. The van der Waals surface area contributed by atoms with E-state index in [-0.39, 0.29) is 23.7 Å². The number of hydrogen-bond donors (Lipinski definition) is 6. The molecule has 9 heteroatoms. The van der Waals surface area contributed by atoms with Gasteiger partial charge in [0.05, 0.1) is 12.1 Å². The van der Waals surface area contributed by atoms with Crippen LogP contribution in [0.1, 0.15) is 53.4 Å². The highest BCUT2D eigenvalue weighted by molar-refractivity contribution is 5.91. The number of carbonyl (C=O) groups excluding carboxylic acids is 3. The number of guanidine groups is 1. The molecule has 0 saturated carbocycles. The van der Waals surface area contributed by atoms with E-state index in [4.69, 9.17) is 16.9 Å². The third-order valence-corrected chi connectivity index (χ3v) is 4.35. The standard InChI is InChI=1S/C18H36N6O3/c1-5-12(4)15(24-16(26)14(19)9-11(2)3)17(27)23-13(10-25)7-6-8-22-18(20)21/h10-15H,5-9,19H2,1-4H3,(H,23,27)(H,24,26)(H4,20,21,22)/t12-,13-,14-,15-/m0/s1. The van der Waals surface area contributed by atoms with Crippen LogP contribution >= 0.6 is 0 Å². The van der Waals surface area contributed by atoms with Crippen LogP contribution in [0, 0.1) is 17.2 Å². The first kappa shape index (κ1) is 24.8. The van der Waals surface area contributed by atoms with Gasteiger partial charge in [-0.25, -0.2) is 0 Å². The second-order valence-electron chi connectivity index (χ2n) is 7.34. The Morgan fingerprint density at radius 2 is 1.78 bits per heavy atom. The van der Waals surface area contributed by atoms with E-state index in [0.717, 1.165) is 0 Å². The fraction of sp³-hybridized carbons (Fsp3) is 0.778. The molecule has 8 N–H and O–H groups in total. The lowest BCUT2D eigenvalue weighted by atomic mass is 9.96. The highest BCUT2D eigenvalue weighted by Gasteiger charge is 2.29. The summed E-state index contributed by atoms with van der Waals surface area (Å²) in [6.45, 7) is 8.18. The molecular weight excluding hydrogens is 348 g/mol. The van der Waals surface area contributed by atoms with Gasteiger partial charge >= 0.3 is 0 Å². The number of nitrogens with two attached hydrogens (primary N) is 2. The smallest absolute Gasteiger partial charge is 0.243 e. The van der Waals surface area contributed by atoms with Crippen molar-refractivity contribution in [1.29, 1.82) is 5.41 Å². The average Bonchev–Trinajstić information content (AvgIpc) is 2.60. The number of rotatable bonds is 13. The van der Waals surface area contributed by atoms with Gasteiger partial charge in [0.25, 0.3) is 0 Å². The number of nitrogens with one attached hydrogen (secondary N) is 4. The van der Waals surface area contributed by atoms with Crippen LogP contribution in [0.25, 0.3) is 0 Å². The van der Waals surface area contributed by atoms with Crippen LogP contribution in [0.15, 0.2) is 0 Å². The SMILES string of the molecule is CC[C@H](C)[C@H](NC(=O)[C@@H](N)CC(C)C)C(=O)N[C@H](C=O)CCCNC(=N)N. The van der Waals surface area contributed by atoms with E-state index in [2.05, 4.69) is 16.0 Å². The van der Waals surface area contributed by atoms with Gasteiger partial charge in [0.1, 0.15) is 12.3 Å². The topological polar surface area (TPSA) is 163 Å². The van der Waals surface area contributed by atoms with Crippen LogP contribution in [0.2, 0.25) is 0 Å². The summed E-state index contributed by atoms with van der Waals surface area (Å²) in [5, 5.41) is 15.1. The van der Waals surface area contributed by atoms with Crippen LogP contribution in [0.5, 0.6) is 0 Å². The molecule has 0 unspecified atom stereocenters. The summed E-state index contributed by atoms with van der Waals surface area (Å²) in [4.78, 5) is 36.2. The molecule has 27 heavy (non-hydrogen) atoms. The Morgan fingerprint density at radius 1 is 1.15 bits per heavy atom. The van der Waals surface area contributed by atoms with Crippen molar-refractivity contribution in [2.24, 2.45) is 23.3 Å². The van der Waals surface area contributed by atoms with Gasteiger partial charge < -0.3 is 32.2 Å². The van der Waals surface area contributed by atoms with E-state index < -0.39 is 24.0 Å². The molecule has 0 aliphatic heterocycles. The molecule has 0 spiro atoms. The maximum absolute atomic E-state index is 12.6. The molecule has 0 aromatic rings. The lowest BCUT2D eigenvalue weighted by Gasteiger charge is -2.26. The van der Waals surface area contributed by atoms with Gasteiger partial charge in [0.2, 0.25) is 11.8 Å². The Kier molecular flexibility index (Phi) is 12.0. The molecule has 0 aliphatic rings. The highest BCUT2D eigenvalue weighted by Crippen LogP contribution is 2.10. The van der Waals surface area contributed by atoms with Crippen LogP contribution in [0.4, 0.5) is 0 Å². The Labute approximate surface area is 161 Å². The summed E-state index contributed by atoms with van der Waals surface area (Å²) in [7, 11) is 0. The Bertz CT molecular complexity index is 497. The molecule has 0 radical (unpaired) electrons.